The van der Waals surface area contributed by atoms with Crippen LogP contribution in [0.1, 0.15) is 98.3 Å². The molecule has 0 radical (unpaired) electrons. The number of aliphatic hydroxyl groups is 1. The first kappa shape index (κ1) is 19.3. The van der Waals surface area contributed by atoms with E-state index in [1.54, 1.807) is 0 Å². The molecule has 4 rings (SSSR count). The van der Waals surface area contributed by atoms with Crippen LogP contribution in [0, 0.1) is 52.3 Å². The van der Waals surface area contributed by atoms with Crippen LogP contribution in [0.3, 0.4) is 0 Å². The van der Waals surface area contributed by atoms with Gasteiger partial charge in [0.25, 0.3) is 0 Å². The molecule has 0 heterocycles. The van der Waals surface area contributed by atoms with Gasteiger partial charge in [0.15, 0.2) is 0 Å². The zero-order valence-corrected chi connectivity index (χ0v) is 18.0. The second-order valence-corrected chi connectivity index (χ2v) is 11.6. The Morgan fingerprint density at radius 1 is 0.923 bits per heavy atom. The SMILES string of the molecule is C[C@@H]1CC[C@]2(C)C3CC[C@@]4(C)C(CC[C@@H]4[C@H](C)CCCO)C3CC[C@@H]2C1. The van der Waals surface area contributed by atoms with E-state index in [0.29, 0.717) is 17.4 Å². The number of fused-ring (bicyclic) bond motifs is 5. The molecule has 1 N–H and O–H groups in total. The summed E-state index contributed by atoms with van der Waals surface area (Å²) in [7, 11) is 0. The monoisotopic (exact) mass is 360 g/mol. The van der Waals surface area contributed by atoms with Crippen molar-refractivity contribution >= 4 is 0 Å². The molecule has 26 heavy (non-hydrogen) atoms. The van der Waals surface area contributed by atoms with E-state index in [2.05, 4.69) is 27.7 Å². The minimum atomic E-state index is 0.375. The second kappa shape index (κ2) is 7.09. The molecule has 3 unspecified atom stereocenters. The Bertz CT molecular complexity index is 500. The highest BCUT2D eigenvalue weighted by atomic mass is 16.2. The van der Waals surface area contributed by atoms with Crippen LogP contribution in [0.4, 0.5) is 0 Å². The van der Waals surface area contributed by atoms with Crippen molar-refractivity contribution < 1.29 is 5.11 Å². The van der Waals surface area contributed by atoms with E-state index in [1.807, 2.05) is 0 Å². The molecule has 0 aromatic heterocycles. The molecule has 0 aliphatic heterocycles. The number of rotatable bonds is 4. The van der Waals surface area contributed by atoms with Crippen molar-refractivity contribution in [2.75, 3.05) is 6.61 Å². The zero-order valence-electron chi connectivity index (χ0n) is 18.0. The largest absolute Gasteiger partial charge is 0.396 e. The van der Waals surface area contributed by atoms with Crippen LogP contribution >= 0.6 is 0 Å². The van der Waals surface area contributed by atoms with Gasteiger partial charge in [-0.25, -0.2) is 0 Å². The molecule has 0 aromatic carbocycles. The van der Waals surface area contributed by atoms with Crippen molar-refractivity contribution in [3.63, 3.8) is 0 Å². The summed E-state index contributed by atoms with van der Waals surface area (Å²) in [5, 5.41) is 9.27. The maximum atomic E-state index is 9.27. The van der Waals surface area contributed by atoms with Gasteiger partial charge in [-0.3, -0.25) is 0 Å². The minimum Gasteiger partial charge on any atom is -0.396 e. The van der Waals surface area contributed by atoms with E-state index in [-0.39, 0.29) is 0 Å². The summed E-state index contributed by atoms with van der Waals surface area (Å²) >= 11 is 0. The first-order valence-electron chi connectivity index (χ1n) is 12.0. The third-order valence-corrected chi connectivity index (χ3v) is 10.5. The van der Waals surface area contributed by atoms with E-state index in [4.69, 9.17) is 0 Å². The minimum absolute atomic E-state index is 0.375. The Balaban J connectivity index is 1.52. The third-order valence-electron chi connectivity index (χ3n) is 10.5. The van der Waals surface area contributed by atoms with Gasteiger partial charge < -0.3 is 5.11 Å². The van der Waals surface area contributed by atoms with Crippen LogP contribution in [0.5, 0.6) is 0 Å². The Kier molecular flexibility index (Phi) is 5.26. The van der Waals surface area contributed by atoms with Gasteiger partial charge in [0.2, 0.25) is 0 Å². The number of aliphatic hydroxyl groups excluding tert-OH is 1. The van der Waals surface area contributed by atoms with Gasteiger partial charge in [-0.15, -0.1) is 0 Å². The molecule has 0 amide bonds. The van der Waals surface area contributed by atoms with Gasteiger partial charge in [0.1, 0.15) is 0 Å². The third kappa shape index (κ3) is 2.90. The highest BCUT2D eigenvalue weighted by molar-refractivity contribution is 5.09. The van der Waals surface area contributed by atoms with Gasteiger partial charge >= 0.3 is 0 Å². The number of hydrogen-bond donors (Lipinski definition) is 1. The number of hydrogen-bond acceptors (Lipinski definition) is 1. The summed E-state index contributed by atoms with van der Waals surface area (Å²) in [5.74, 6) is 6.77. The second-order valence-electron chi connectivity index (χ2n) is 11.6. The van der Waals surface area contributed by atoms with Gasteiger partial charge in [0.05, 0.1) is 0 Å². The molecule has 1 nitrogen and oxygen atoms in total. The molecule has 9 atom stereocenters. The average Bonchev–Trinajstić information content (AvgIpc) is 2.97. The predicted octanol–water partition coefficient (Wildman–Crippen LogP) is 6.69. The van der Waals surface area contributed by atoms with Crippen molar-refractivity contribution in [3.8, 4) is 0 Å². The molecule has 0 saturated heterocycles. The smallest absolute Gasteiger partial charge is 0.0431 e. The van der Waals surface area contributed by atoms with E-state index >= 15 is 0 Å². The van der Waals surface area contributed by atoms with Crippen LogP contribution in [-0.2, 0) is 0 Å². The molecule has 4 aliphatic rings. The van der Waals surface area contributed by atoms with Crippen LogP contribution in [0.15, 0.2) is 0 Å². The summed E-state index contributed by atoms with van der Waals surface area (Å²) in [4.78, 5) is 0. The molecule has 4 fully saturated rings. The molecule has 1 heteroatoms. The topological polar surface area (TPSA) is 20.2 Å². The normalized spacial score (nSPS) is 52.0. The highest BCUT2D eigenvalue weighted by Crippen LogP contribution is 2.68. The maximum absolute atomic E-state index is 9.27. The fourth-order valence-corrected chi connectivity index (χ4v) is 9.06. The van der Waals surface area contributed by atoms with E-state index in [9.17, 15) is 5.11 Å². The summed E-state index contributed by atoms with van der Waals surface area (Å²) < 4.78 is 0. The summed E-state index contributed by atoms with van der Waals surface area (Å²) in [6.45, 7) is 10.7. The fourth-order valence-electron chi connectivity index (χ4n) is 9.06. The van der Waals surface area contributed by atoms with Crippen molar-refractivity contribution in [2.45, 2.75) is 98.3 Å². The first-order valence-corrected chi connectivity index (χ1v) is 12.0. The van der Waals surface area contributed by atoms with Gasteiger partial charge in [-0.2, -0.15) is 0 Å². The zero-order chi connectivity index (χ0) is 18.5. The Labute approximate surface area is 162 Å². The molecule has 0 spiro atoms. The average molecular weight is 361 g/mol. The predicted molar refractivity (Wildman–Crippen MR) is 110 cm³/mol. The van der Waals surface area contributed by atoms with Crippen LogP contribution in [0.25, 0.3) is 0 Å². The van der Waals surface area contributed by atoms with Crippen molar-refractivity contribution in [3.05, 3.63) is 0 Å². The Hall–Kier alpha value is -0.0400. The first-order chi connectivity index (χ1) is 12.4. The van der Waals surface area contributed by atoms with E-state index in [0.717, 1.165) is 47.8 Å². The summed E-state index contributed by atoms with van der Waals surface area (Å²) in [6, 6.07) is 0. The van der Waals surface area contributed by atoms with Crippen molar-refractivity contribution in [1.29, 1.82) is 0 Å². The lowest BCUT2D eigenvalue weighted by Gasteiger charge is -2.61. The quantitative estimate of drug-likeness (QED) is 0.592. The molecule has 150 valence electrons. The maximum Gasteiger partial charge on any atom is 0.0431 e. The van der Waals surface area contributed by atoms with E-state index in [1.165, 1.54) is 64.2 Å². The van der Waals surface area contributed by atoms with Crippen LogP contribution < -0.4 is 0 Å². The summed E-state index contributed by atoms with van der Waals surface area (Å²) in [6.07, 6.45) is 15.8. The molecule has 4 saturated carbocycles. The lowest BCUT2D eigenvalue weighted by molar-refractivity contribution is -0.120. The molecule has 4 aliphatic carbocycles. The lowest BCUT2D eigenvalue weighted by Crippen LogP contribution is -2.53. The van der Waals surface area contributed by atoms with Crippen LogP contribution in [0.2, 0.25) is 0 Å². The van der Waals surface area contributed by atoms with Crippen molar-refractivity contribution in [2.24, 2.45) is 52.3 Å². The van der Waals surface area contributed by atoms with E-state index < -0.39 is 0 Å². The summed E-state index contributed by atoms with van der Waals surface area (Å²) in [5.41, 5.74) is 1.26. The van der Waals surface area contributed by atoms with Crippen LogP contribution in [-0.4, -0.2) is 11.7 Å². The molecule has 0 bridgehead atoms. The van der Waals surface area contributed by atoms with Crippen molar-refractivity contribution in [1.82, 2.24) is 0 Å². The molecule has 0 aromatic rings. The standard InChI is InChI=1S/C25H44O/c1-17-11-13-24(3)19(16-17)7-8-20-22-10-9-21(18(2)6-5-15-26)25(22,4)14-12-23(20)24/h17-23,26H,5-16H2,1-4H3/t17-,18-,19-,20?,21-,22?,23?,24+,25-/m1/s1. The highest BCUT2D eigenvalue weighted by Gasteiger charge is 2.60. The fraction of sp³-hybridized carbons (Fsp3) is 1.00. The Morgan fingerprint density at radius 2 is 1.65 bits per heavy atom. The van der Waals surface area contributed by atoms with Gasteiger partial charge in [-0.05, 0) is 116 Å². The molecular formula is C25H44O. The Morgan fingerprint density at radius 3 is 2.42 bits per heavy atom. The van der Waals surface area contributed by atoms with Gasteiger partial charge in [-0.1, -0.05) is 34.1 Å². The molecular weight excluding hydrogens is 316 g/mol. The lowest BCUT2D eigenvalue weighted by atomic mass is 9.44. The van der Waals surface area contributed by atoms with Gasteiger partial charge in [0, 0.05) is 6.61 Å².